The van der Waals surface area contributed by atoms with Gasteiger partial charge in [0, 0.05) is 15.4 Å². The van der Waals surface area contributed by atoms with Crippen molar-refractivity contribution in [3.05, 3.63) is 70.1 Å². The highest BCUT2D eigenvalue weighted by atomic mass is 79.9. The molecule has 0 saturated heterocycles. The van der Waals surface area contributed by atoms with E-state index in [1.54, 1.807) is 12.1 Å². The number of benzene rings is 2. The van der Waals surface area contributed by atoms with E-state index in [9.17, 15) is 4.79 Å². The van der Waals surface area contributed by atoms with E-state index in [0.29, 0.717) is 5.75 Å². The third kappa shape index (κ3) is 4.66. The lowest BCUT2D eigenvalue weighted by atomic mass is 10.2. The Hall–Kier alpha value is -2.18. The molecule has 0 unspecified atom stereocenters. The molecule has 0 spiro atoms. The van der Waals surface area contributed by atoms with Crippen molar-refractivity contribution in [1.29, 1.82) is 0 Å². The van der Waals surface area contributed by atoms with E-state index < -0.39 is 5.97 Å². The summed E-state index contributed by atoms with van der Waals surface area (Å²) in [5, 5.41) is 2.80. The Labute approximate surface area is 152 Å². The van der Waals surface area contributed by atoms with Gasteiger partial charge in [-0.15, -0.1) is 11.3 Å². The van der Waals surface area contributed by atoms with Crippen molar-refractivity contribution in [2.75, 3.05) is 6.61 Å². The maximum Gasteiger partial charge on any atom is 0.344 e. The second-order valence-electron chi connectivity index (χ2n) is 4.91. The highest BCUT2D eigenvalue weighted by molar-refractivity contribution is 9.10. The van der Waals surface area contributed by atoms with Gasteiger partial charge < -0.3 is 9.47 Å². The topological polar surface area (TPSA) is 48.4 Å². The summed E-state index contributed by atoms with van der Waals surface area (Å²) >= 11 is 4.87. The second kappa shape index (κ2) is 8.08. The monoisotopic (exact) mass is 403 g/mol. The Balaban J connectivity index is 1.48. The van der Waals surface area contributed by atoms with Gasteiger partial charge in [-0.1, -0.05) is 46.3 Å². The van der Waals surface area contributed by atoms with E-state index in [-0.39, 0.29) is 13.2 Å². The van der Waals surface area contributed by atoms with Crippen molar-refractivity contribution in [2.24, 2.45) is 0 Å². The Morgan fingerprint density at radius 1 is 1.08 bits per heavy atom. The van der Waals surface area contributed by atoms with E-state index >= 15 is 0 Å². The van der Waals surface area contributed by atoms with Crippen molar-refractivity contribution in [3.63, 3.8) is 0 Å². The average molecular weight is 404 g/mol. The molecule has 1 heterocycles. The fraction of sp³-hybridized carbons (Fsp3) is 0.111. The van der Waals surface area contributed by atoms with Gasteiger partial charge in [0.15, 0.2) is 6.61 Å². The molecule has 4 nitrogen and oxygen atoms in total. The zero-order chi connectivity index (χ0) is 16.8. The molecule has 1 aromatic heterocycles. The highest BCUT2D eigenvalue weighted by Gasteiger charge is 2.08. The maximum atomic E-state index is 11.8. The Morgan fingerprint density at radius 3 is 2.58 bits per heavy atom. The van der Waals surface area contributed by atoms with Crippen LogP contribution in [-0.4, -0.2) is 17.6 Å². The number of hydrogen-bond acceptors (Lipinski definition) is 5. The van der Waals surface area contributed by atoms with Crippen LogP contribution in [0.5, 0.6) is 5.75 Å². The van der Waals surface area contributed by atoms with E-state index in [1.165, 1.54) is 11.3 Å². The molecule has 6 heteroatoms. The Morgan fingerprint density at radius 2 is 1.83 bits per heavy atom. The van der Waals surface area contributed by atoms with Crippen LogP contribution >= 0.6 is 27.3 Å². The summed E-state index contributed by atoms with van der Waals surface area (Å²) in [6.07, 6.45) is 0. The fourth-order valence-corrected chi connectivity index (χ4v) is 3.03. The van der Waals surface area contributed by atoms with Crippen molar-refractivity contribution in [1.82, 2.24) is 4.98 Å². The molecule has 0 fully saturated rings. The summed E-state index contributed by atoms with van der Waals surface area (Å²) in [7, 11) is 0. The number of aromatic nitrogens is 1. The smallest absolute Gasteiger partial charge is 0.344 e. The van der Waals surface area contributed by atoms with Crippen LogP contribution in [0.3, 0.4) is 0 Å². The number of hydrogen-bond donors (Lipinski definition) is 0. The molecule has 2 aromatic carbocycles. The van der Waals surface area contributed by atoms with Crippen LogP contribution in [0.1, 0.15) is 5.69 Å². The highest BCUT2D eigenvalue weighted by Crippen LogP contribution is 2.23. The fourth-order valence-electron chi connectivity index (χ4n) is 1.96. The summed E-state index contributed by atoms with van der Waals surface area (Å²) < 4.78 is 11.5. The maximum absolute atomic E-state index is 11.8. The molecule has 24 heavy (non-hydrogen) atoms. The summed E-state index contributed by atoms with van der Waals surface area (Å²) in [6.45, 7) is 0.0170. The molecule has 0 aliphatic carbocycles. The van der Waals surface area contributed by atoms with E-state index in [2.05, 4.69) is 20.9 Å². The molecule has 0 amide bonds. The first-order valence-electron chi connectivity index (χ1n) is 7.24. The van der Waals surface area contributed by atoms with Gasteiger partial charge in [0.2, 0.25) is 0 Å². The van der Waals surface area contributed by atoms with Gasteiger partial charge in [-0.25, -0.2) is 9.78 Å². The van der Waals surface area contributed by atoms with Gasteiger partial charge in [-0.2, -0.15) is 0 Å². The summed E-state index contributed by atoms with van der Waals surface area (Å²) in [4.78, 5) is 16.2. The predicted octanol–water partition coefficient (Wildman–Crippen LogP) is 4.69. The molecule has 0 bridgehead atoms. The zero-order valence-electron chi connectivity index (χ0n) is 12.6. The molecule has 0 radical (unpaired) electrons. The minimum atomic E-state index is -0.424. The lowest BCUT2D eigenvalue weighted by Gasteiger charge is -2.06. The minimum absolute atomic E-state index is 0.128. The van der Waals surface area contributed by atoms with Crippen LogP contribution in [0, 0.1) is 0 Å². The lowest BCUT2D eigenvalue weighted by Crippen LogP contribution is -2.14. The van der Waals surface area contributed by atoms with Gasteiger partial charge in [0.05, 0.1) is 5.69 Å². The van der Waals surface area contributed by atoms with Crippen molar-refractivity contribution >= 4 is 33.2 Å². The van der Waals surface area contributed by atoms with E-state index in [0.717, 1.165) is 20.7 Å². The minimum Gasteiger partial charge on any atom is -0.482 e. The number of ether oxygens (including phenoxy) is 2. The summed E-state index contributed by atoms with van der Waals surface area (Å²) in [5.74, 6) is 0.197. The van der Waals surface area contributed by atoms with Crippen LogP contribution in [0.2, 0.25) is 0 Å². The molecule has 0 aliphatic heterocycles. The van der Waals surface area contributed by atoms with E-state index in [1.807, 2.05) is 47.8 Å². The van der Waals surface area contributed by atoms with Crippen LogP contribution in [0.25, 0.3) is 10.6 Å². The van der Waals surface area contributed by atoms with Crippen molar-refractivity contribution < 1.29 is 14.3 Å². The van der Waals surface area contributed by atoms with Crippen LogP contribution in [-0.2, 0) is 16.1 Å². The molecular formula is C18H14BrNO3S. The third-order valence-electron chi connectivity index (χ3n) is 3.12. The predicted molar refractivity (Wildman–Crippen MR) is 97.0 cm³/mol. The van der Waals surface area contributed by atoms with Crippen molar-refractivity contribution in [2.45, 2.75) is 6.61 Å². The van der Waals surface area contributed by atoms with Gasteiger partial charge >= 0.3 is 5.97 Å². The Kier molecular flexibility index (Phi) is 5.61. The van der Waals surface area contributed by atoms with Gasteiger partial charge in [-0.3, -0.25) is 0 Å². The standard InChI is InChI=1S/C18H14BrNO3S/c19-14-6-8-16(9-7-14)22-11-17(21)23-10-15-12-24-18(20-15)13-4-2-1-3-5-13/h1-9,12H,10-11H2. The first-order chi connectivity index (χ1) is 11.7. The largest absolute Gasteiger partial charge is 0.482 e. The molecule has 0 aliphatic rings. The van der Waals surface area contributed by atoms with Crippen molar-refractivity contribution in [3.8, 4) is 16.3 Å². The first-order valence-corrected chi connectivity index (χ1v) is 8.92. The number of halogens is 1. The number of esters is 1. The summed E-state index contributed by atoms with van der Waals surface area (Å²) in [5.41, 5.74) is 1.79. The number of carbonyl (C=O) groups is 1. The quantitative estimate of drug-likeness (QED) is 0.559. The molecule has 0 N–H and O–H groups in total. The van der Waals surface area contributed by atoms with Crippen LogP contribution in [0.15, 0.2) is 64.5 Å². The zero-order valence-corrected chi connectivity index (χ0v) is 15.0. The third-order valence-corrected chi connectivity index (χ3v) is 4.59. The second-order valence-corrected chi connectivity index (χ2v) is 6.69. The Bertz CT molecular complexity index is 803. The molecule has 0 atom stereocenters. The normalized spacial score (nSPS) is 10.4. The molecule has 0 saturated carbocycles. The number of carbonyl (C=O) groups excluding carboxylic acids is 1. The molecule has 122 valence electrons. The average Bonchev–Trinajstić information content (AvgIpc) is 3.09. The van der Waals surface area contributed by atoms with Crippen LogP contribution < -0.4 is 4.74 Å². The number of rotatable bonds is 6. The molecule has 3 aromatic rings. The molecular weight excluding hydrogens is 390 g/mol. The van der Waals surface area contributed by atoms with E-state index in [4.69, 9.17) is 9.47 Å². The van der Waals surface area contributed by atoms with Gasteiger partial charge in [-0.05, 0) is 24.3 Å². The number of thiazole rings is 1. The summed E-state index contributed by atoms with van der Waals surface area (Å²) in [6, 6.07) is 17.2. The van der Waals surface area contributed by atoms with Crippen LogP contribution in [0.4, 0.5) is 0 Å². The van der Waals surface area contributed by atoms with Gasteiger partial charge in [0.1, 0.15) is 17.4 Å². The molecule has 3 rings (SSSR count). The lowest BCUT2D eigenvalue weighted by molar-refractivity contribution is -0.147. The number of nitrogens with zero attached hydrogens (tertiary/aromatic N) is 1. The van der Waals surface area contributed by atoms with Gasteiger partial charge in [0.25, 0.3) is 0 Å². The SMILES string of the molecule is O=C(COc1ccc(Br)cc1)OCc1csc(-c2ccccc2)n1. The first kappa shape index (κ1) is 16.7.